The Kier molecular flexibility index (Phi) is 12.1. The zero-order valence-electron chi connectivity index (χ0n) is 36.7. The Hall–Kier alpha value is -6.45. The van der Waals surface area contributed by atoms with Gasteiger partial charge in [-0.25, -0.2) is 8.78 Å². The van der Waals surface area contributed by atoms with Gasteiger partial charge in [0.1, 0.15) is 28.5 Å². The summed E-state index contributed by atoms with van der Waals surface area (Å²) in [4.78, 5) is 61.9. The van der Waals surface area contributed by atoms with E-state index in [2.05, 4.69) is 41.0 Å². The highest BCUT2D eigenvalue weighted by Gasteiger charge is 2.56. The van der Waals surface area contributed by atoms with Crippen LogP contribution in [0.5, 0.6) is 11.5 Å². The van der Waals surface area contributed by atoms with Gasteiger partial charge in [0.25, 0.3) is 0 Å². The topological polar surface area (TPSA) is 148 Å². The monoisotopic (exact) mass is 896 g/mol. The minimum Gasteiger partial charge on any atom is -0.457 e. The molecular weight excluding hydrogens is 843 g/mol. The number of hydrogen-bond acceptors (Lipinski definition) is 10. The lowest BCUT2D eigenvalue weighted by atomic mass is 9.90. The molecule has 15 heteroatoms. The van der Waals surface area contributed by atoms with Crippen molar-refractivity contribution in [3.8, 4) is 11.5 Å². The first-order valence-electron chi connectivity index (χ1n) is 23.2. The Bertz CT molecular complexity index is 2620. The molecule has 0 spiro atoms. The Morgan fingerprint density at radius 2 is 1.47 bits per heavy atom. The number of aromatic nitrogens is 1. The van der Waals surface area contributed by atoms with E-state index < -0.39 is 23.0 Å². The Balaban J connectivity index is 0.663. The molecular formula is C51H54F2N8O5. The standard InChI is InChI=1S/C51H54F2N8O5/c52-34-4-8-36(9-5-34)56-49(64)51(19-20-51)50(65)57-37-10-12-40(13-11-37)66-46-16-22-55-44-28-45(43(53)27-42(44)46)59-24-17-32(18-25-59)29-61-31-38-26-39(61)30-60(38)23-1-21-54-35-6-2-33(3-7-35)41-14-15-47(62)58-48(41)63/h2-13,16,22,27-28,32,38-39,41,54H,1,14-15,17-21,23-26,29-31H2,(H,56,64)(H,57,65)(H,58,62,63)/t38-,39-,41?/m0/s1. The highest BCUT2D eigenvalue weighted by Crippen LogP contribution is 2.48. The summed E-state index contributed by atoms with van der Waals surface area (Å²) in [7, 11) is 0. The molecule has 10 rings (SSSR count). The molecule has 4 N–H and O–H groups in total. The summed E-state index contributed by atoms with van der Waals surface area (Å²) in [5.41, 5.74) is 2.91. The predicted molar refractivity (Wildman–Crippen MR) is 248 cm³/mol. The van der Waals surface area contributed by atoms with Gasteiger partial charge >= 0.3 is 0 Å². The molecule has 1 aliphatic carbocycles. The number of benzene rings is 4. The van der Waals surface area contributed by atoms with Crippen LogP contribution in [-0.4, -0.2) is 96.3 Å². The number of fused-ring (bicyclic) bond motifs is 3. The molecule has 5 aromatic rings. The Morgan fingerprint density at radius 3 is 2.14 bits per heavy atom. The van der Waals surface area contributed by atoms with Crippen molar-refractivity contribution in [1.29, 1.82) is 0 Å². The summed E-state index contributed by atoms with van der Waals surface area (Å²) in [5.74, 6) is -0.714. The Morgan fingerprint density at radius 1 is 0.803 bits per heavy atom. The number of hydrogen-bond donors (Lipinski definition) is 4. The van der Waals surface area contributed by atoms with Crippen LogP contribution in [0.2, 0.25) is 0 Å². The maximum Gasteiger partial charge on any atom is 0.240 e. The quantitative estimate of drug-likeness (QED) is 0.0469. The SMILES string of the molecule is O=C1CCC(c2ccc(NCCCN3C[C@@H]4C[C@H]3CN4CC3CCN(c4cc5nccc(Oc6ccc(NC(=O)C7(C(=O)Nc8ccc(F)cc8)CC7)cc6)c5cc4F)CC3)cc2)C(=O)N1. The second kappa shape index (κ2) is 18.4. The first-order chi connectivity index (χ1) is 32.1. The van der Waals surface area contributed by atoms with Crippen molar-refractivity contribution < 1.29 is 32.7 Å². The lowest BCUT2D eigenvalue weighted by Crippen LogP contribution is -2.49. The van der Waals surface area contributed by atoms with Crippen molar-refractivity contribution >= 4 is 57.3 Å². The van der Waals surface area contributed by atoms with Gasteiger partial charge in [0, 0.05) is 93.0 Å². The highest BCUT2D eigenvalue weighted by molar-refractivity contribution is 6.17. The molecule has 0 radical (unpaired) electrons. The van der Waals surface area contributed by atoms with Gasteiger partial charge in [0.05, 0.1) is 17.1 Å². The van der Waals surface area contributed by atoms with Crippen LogP contribution in [0, 0.1) is 23.0 Å². The average Bonchev–Trinajstić information content (AvgIpc) is 3.93. The molecule has 342 valence electrons. The number of carbonyl (C=O) groups excluding carboxylic acids is 4. The predicted octanol–water partition coefficient (Wildman–Crippen LogP) is 7.66. The van der Waals surface area contributed by atoms with Gasteiger partial charge in [-0.15, -0.1) is 0 Å². The summed E-state index contributed by atoms with van der Waals surface area (Å²) in [6.07, 6.45) is 7.71. The molecule has 4 amide bonds. The summed E-state index contributed by atoms with van der Waals surface area (Å²) >= 11 is 0. The van der Waals surface area contributed by atoms with E-state index in [0.29, 0.717) is 83.1 Å². The number of imide groups is 1. The summed E-state index contributed by atoms with van der Waals surface area (Å²) in [6.45, 7) is 6.82. The van der Waals surface area contributed by atoms with E-state index >= 15 is 4.39 Å². The van der Waals surface area contributed by atoms with Crippen molar-refractivity contribution in [1.82, 2.24) is 20.1 Å². The second-order valence-corrected chi connectivity index (χ2v) is 18.6. The molecule has 2 bridgehead atoms. The minimum absolute atomic E-state index is 0.194. The fraction of sp³-hybridized carbons (Fsp3) is 0.392. The number of amides is 4. The third-order valence-corrected chi connectivity index (χ3v) is 14.3. The fourth-order valence-corrected chi connectivity index (χ4v) is 10.3. The molecule has 5 aliphatic rings. The molecule has 13 nitrogen and oxygen atoms in total. The maximum atomic E-state index is 15.9. The van der Waals surface area contributed by atoms with Crippen molar-refractivity contribution in [2.75, 3.05) is 66.7 Å². The van der Waals surface area contributed by atoms with Crippen LogP contribution in [0.25, 0.3) is 10.9 Å². The number of anilines is 4. The number of nitrogens with one attached hydrogen (secondary N) is 4. The summed E-state index contributed by atoms with van der Waals surface area (Å²) < 4.78 is 35.4. The Labute approximate surface area is 382 Å². The van der Waals surface area contributed by atoms with E-state index in [-0.39, 0.29) is 23.5 Å². The van der Waals surface area contributed by atoms with Gasteiger partial charge in [-0.2, -0.15) is 0 Å². The summed E-state index contributed by atoms with van der Waals surface area (Å²) in [6, 6.07) is 26.4. The molecule has 1 saturated carbocycles. The first-order valence-corrected chi connectivity index (χ1v) is 23.2. The molecule has 4 aromatic carbocycles. The van der Waals surface area contributed by atoms with E-state index in [4.69, 9.17) is 4.74 Å². The number of pyridine rings is 1. The second-order valence-electron chi connectivity index (χ2n) is 18.6. The zero-order valence-corrected chi connectivity index (χ0v) is 36.7. The van der Waals surface area contributed by atoms with E-state index in [1.165, 1.54) is 36.8 Å². The number of piperazine rings is 1. The molecule has 66 heavy (non-hydrogen) atoms. The number of nitrogens with zero attached hydrogens (tertiary/aromatic N) is 4. The molecule has 4 saturated heterocycles. The van der Waals surface area contributed by atoms with Crippen LogP contribution >= 0.6 is 0 Å². The van der Waals surface area contributed by atoms with Crippen LogP contribution in [-0.2, 0) is 19.2 Å². The normalized spacial score (nSPS) is 21.7. The van der Waals surface area contributed by atoms with Gasteiger partial charge in [-0.05, 0) is 135 Å². The van der Waals surface area contributed by atoms with Crippen molar-refractivity contribution in [2.24, 2.45) is 11.3 Å². The third kappa shape index (κ3) is 9.32. The fourth-order valence-electron chi connectivity index (χ4n) is 10.3. The lowest BCUT2D eigenvalue weighted by molar-refractivity contribution is -0.134. The molecule has 5 heterocycles. The van der Waals surface area contributed by atoms with Gasteiger partial charge in [0.2, 0.25) is 23.6 Å². The number of ether oxygens (including phenoxy) is 1. The van der Waals surface area contributed by atoms with Gasteiger partial charge in [0.15, 0.2) is 0 Å². The molecule has 1 unspecified atom stereocenters. The number of carbonyl (C=O) groups is 4. The van der Waals surface area contributed by atoms with Gasteiger partial charge < -0.3 is 25.6 Å². The first kappa shape index (κ1) is 43.4. The van der Waals surface area contributed by atoms with Crippen LogP contribution in [0.3, 0.4) is 0 Å². The molecule has 4 aliphatic heterocycles. The number of piperidine rings is 2. The molecule has 1 aromatic heterocycles. The van der Waals surface area contributed by atoms with Crippen molar-refractivity contribution in [3.63, 3.8) is 0 Å². The van der Waals surface area contributed by atoms with Crippen molar-refractivity contribution in [3.05, 3.63) is 114 Å². The van der Waals surface area contributed by atoms with E-state index in [0.717, 1.165) is 76.3 Å². The highest BCUT2D eigenvalue weighted by atomic mass is 19.1. The summed E-state index contributed by atoms with van der Waals surface area (Å²) in [5, 5.41) is 12.1. The van der Waals surface area contributed by atoms with E-state index in [1.54, 1.807) is 36.5 Å². The zero-order chi connectivity index (χ0) is 45.4. The molecule has 5 fully saturated rings. The van der Waals surface area contributed by atoms with E-state index in [1.807, 2.05) is 30.3 Å². The van der Waals surface area contributed by atoms with Crippen LogP contribution in [0.4, 0.5) is 31.5 Å². The van der Waals surface area contributed by atoms with Crippen LogP contribution in [0.1, 0.15) is 62.8 Å². The smallest absolute Gasteiger partial charge is 0.240 e. The minimum atomic E-state index is -1.18. The average molecular weight is 897 g/mol. The van der Waals surface area contributed by atoms with Gasteiger partial charge in [-0.1, -0.05) is 12.1 Å². The van der Waals surface area contributed by atoms with Crippen LogP contribution in [0.15, 0.2) is 97.2 Å². The lowest BCUT2D eigenvalue weighted by Gasteiger charge is -2.39. The molecule has 3 atom stereocenters. The maximum absolute atomic E-state index is 15.9. The van der Waals surface area contributed by atoms with Crippen LogP contribution < -0.4 is 30.9 Å². The number of rotatable bonds is 15. The third-order valence-electron chi connectivity index (χ3n) is 14.3. The van der Waals surface area contributed by atoms with Gasteiger partial charge in [-0.3, -0.25) is 39.3 Å². The number of likely N-dealkylation sites (tertiary alicyclic amines) is 2. The number of halogens is 2. The van der Waals surface area contributed by atoms with E-state index in [9.17, 15) is 23.6 Å². The van der Waals surface area contributed by atoms with Crippen molar-refractivity contribution in [2.45, 2.75) is 69.4 Å². The largest absolute Gasteiger partial charge is 0.457 e.